The fraction of sp³-hybridized carbons (Fsp3) is 0.800. The van der Waals surface area contributed by atoms with E-state index in [0.29, 0.717) is 0 Å². The lowest BCUT2D eigenvalue weighted by molar-refractivity contribution is 0.360. The van der Waals surface area contributed by atoms with Crippen molar-refractivity contribution in [2.45, 2.75) is 65.0 Å². The van der Waals surface area contributed by atoms with Crippen molar-refractivity contribution in [3.8, 4) is 0 Å². The van der Waals surface area contributed by atoms with Crippen molar-refractivity contribution < 1.29 is 0 Å². The molecule has 0 bridgehead atoms. The highest BCUT2D eigenvalue weighted by molar-refractivity contribution is 5.84. The van der Waals surface area contributed by atoms with Crippen molar-refractivity contribution in [1.82, 2.24) is 4.90 Å². The molecule has 0 saturated carbocycles. The molecule has 0 aromatic carbocycles. The molecule has 104 valence electrons. The Bertz CT molecular complexity index is 269. The molecule has 1 atom stereocenters. The third-order valence-electron chi connectivity index (χ3n) is 3.38. The number of unbranched alkanes of at least 4 members (excludes halogenated alkanes) is 4. The molecule has 1 unspecified atom stereocenters. The zero-order chi connectivity index (χ0) is 13.2. The minimum Gasteiger partial charge on any atom is -0.343 e. The maximum absolute atomic E-state index is 5.91. The van der Waals surface area contributed by atoms with Crippen LogP contribution >= 0.6 is 0 Å². The topological polar surface area (TPSA) is 41.6 Å². The Hall–Kier alpha value is -0.830. The van der Waals surface area contributed by atoms with E-state index in [0.717, 1.165) is 25.9 Å². The first-order valence-corrected chi connectivity index (χ1v) is 7.46. The van der Waals surface area contributed by atoms with Gasteiger partial charge in [-0.3, -0.25) is 4.99 Å². The maximum Gasteiger partial charge on any atom is 0.101 e. The van der Waals surface area contributed by atoms with Crippen molar-refractivity contribution in [3.63, 3.8) is 0 Å². The van der Waals surface area contributed by atoms with Crippen LogP contribution in [-0.4, -0.2) is 30.0 Å². The highest BCUT2D eigenvalue weighted by Gasteiger charge is 2.18. The lowest BCUT2D eigenvalue weighted by Gasteiger charge is -2.24. The minimum atomic E-state index is 0.101. The van der Waals surface area contributed by atoms with Gasteiger partial charge in [0.2, 0.25) is 0 Å². The molecule has 0 radical (unpaired) electrons. The smallest absolute Gasteiger partial charge is 0.101 e. The fourth-order valence-corrected chi connectivity index (χ4v) is 2.31. The summed E-state index contributed by atoms with van der Waals surface area (Å²) in [6.45, 7) is 6.19. The predicted octanol–water partition coefficient (Wildman–Crippen LogP) is 3.31. The first-order valence-electron chi connectivity index (χ1n) is 7.46. The zero-order valence-electron chi connectivity index (χ0n) is 12.1. The van der Waals surface area contributed by atoms with Gasteiger partial charge in [-0.2, -0.15) is 0 Å². The summed E-state index contributed by atoms with van der Waals surface area (Å²) in [6, 6.07) is 0. The van der Waals surface area contributed by atoms with Crippen LogP contribution in [0.15, 0.2) is 17.1 Å². The van der Waals surface area contributed by atoms with E-state index in [1.54, 1.807) is 0 Å². The highest BCUT2D eigenvalue weighted by atomic mass is 15.3. The Morgan fingerprint density at radius 3 is 2.78 bits per heavy atom. The summed E-state index contributed by atoms with van der Waals surface area (Å²) in [5.41, 5.74) is 5.91. The Morgan fingerprint density at radius 1 is 1.28 bits per heavy atom. The highest BCUT2D eigenvalue weighted by Crippen LogP contribution is 2.10. The molecule has 0 aliphatic carbocycles. The van der Waals surface area contributed by atoms with Crippen LogP contribution in [0.3, 0.4) is 0 Å². The number of hydrogen-bond donors (Lipinski definition) is 1. The van der Waals surface area contributed by atoms with Crippen LogP contribution in [0.1, 0.15) is 58.8 Å². The van der Waals surface area contributed by atoms with Crippen molar-refractivity contribution in [1.29, 1.82) is 0 Å². The Kier molecular flexibility index (Phi) is 7.74. The van der Waals surface area contributed by atoms with E-state index in [4.69, 9.17) is 5.73 Å². The quantitative estimate of drug-likeness (QED) is 0.504. The monoisotopic (exact) mass is 251 g/mol. The minimum absolute atomic E-state index is 0.101. The Labute approximate surface area is 112 Å². The van der Waals surface area contributed by atoms with Gasteiger partial charge in [0, 0.05) is 13.0 Å². The Morgan fingerprint density at radius 2 is 2.06 bits per heavy atom. The molecular weight excluding hydrogens is 222 g/mol. The molecule has 18 heavy (non-hydrogen) atoms. The van der Waals surface area contributed by atoms with E-state index < -0.39 is 0 Å². The van der Waals surface area contributed by atoms with Crippen LogP contribution in [-0.2, 0) is 0 Å². The van der Waals surface area contributed by atoms with Crippen LogP contribution < -0.4 is 5.73 Å². The number of allylic oxidation sites excluding steroid dienone is 2. The van der Waals surface area contributed by atoms with Gasteiger partial charge in [-0.15, -0.1) is 0 Å². The molecule has 0 amide bonds. The van der Waals surface area contributed by atoms with Gasteiger partial charge in [0.1, 0.15) is 5.84 Å². The summed E-state index contributed by atoms with van der Waals surface area (Å²) in [5.74, 6) is 1.20. The summed E-state index contributed by atoms with van der Waals surface area (Å²) in [4.78, 5) is 6.74. The molecule has 0 aromatic heterocycles. The summed E-state index contributed by atoms with van der Waals surface area (Å²) in [7, 11) is 0. The van der Waals surface area contributed by atoms with Gasteiger partial charge in [-0.1, -0.05) is 38.3 Å². The summed E-state index contributed by atoms with van der Waals surface area (Å²) in [6.07, 6.45) is 13.5. The molecule has 1 rings (SSSR count). The van der Waals surface area contributed by atoms with Crippen molar-refractivity contribution in [2.24, 2.45) is 10.7 Å². The summed E-state index contributed by atoms with van der Waals surface area (Å²) >= 11 is 0. The van der Waals surface area contributed by atoms with Crippen molar-refractivity contribution in [3.05, 3.63) is 12.2 Å². The van der Waals surface area contributed by atoms with Gasteiger partial charge in [0.15, 0.2) is 0 Å². The molecule has 0 spiro atoms. The second kappa shape index (κ2) is 9.15. The van der Waals surface area contributed by atoms with Gasteiger partial charge in [-0.25, -0.2) is 0 Å². The van der Waals surface area contributed by atoms with E-state index in [1.165, 1.54) is 37.9 Å². The molecule has 3 heteroatoms. The normalized spacial score (nSPS) is 17.5. The number of hydrogen-bond acceptors (Lipinski definition) is 3. The third kappa shape index (κ3) is 5.67. The Balaban J connectivity index is 2.08. The van der Waals surface area contributed by atoms with Crippen LogP contribution in [0.2, 0.25) is 0 Å². The molecule has 1 heterocycles. The summed E-state index contributed by atoms with van der Waals surface area (Å²) in [5, 5.41) is 0. The van der Waals surface area contributed by atoms with Gasteiger partial charge in [0.25, 0.3) is 0 Å². The standard InChI is InChI=1S/C15H29N3/c1-3-4-5-6-7-8-9-10-11-15-17-12-13-18(15)14(2)16/h8-9,14H,3-7,10-13,16H2,1-2H3/b9-8+. The first-order chi connectivity index (χ1) is 8.75. The average molecular weight is 251 g/mol. The van der Waals surface area contributed by atoms with Gasteiger partial charge in [0.05, 0.1) is 12.7 Å². The SMILES string of the molecule is CCCCCC/C=C/CCC1=NCCN1C(C)N. The lowest BCUT2D eigenvalue weighted by atomic mass is 10.1. The molecule has 3 nitrogen and oxygen atoms in total. The van der Waals surface area contributed by atoms with Crippen LogP contribution in [0.5, 0.6) is 0 Å². The van der Waals surface area contributed by atoms with Gasteiger partial charge in [-0.05, 0) is 26.2 Å². The van der Waals surface area contributed by atoms with Crippen LogP contribution in [0.25, 0.3) is 0 Å². The molecule has 0 saturated heterocycles. The molecular formula is C15H29N3. The van der Waals surface area contributed by atoms with Gasteiger partial charge < -0.3 is 10.6 Å². The lowest BCUT2D eigenvalue weighted by Crippen LogP contribution is -2.41. The number of rotatable bonds is 9. The second-order valence-corrected chi connectivity index (χ2v) is 5.09. The first kappa shape index (κ1) is 15.2. The van der Waals surface area contributed by atoms with E-state index in [9.17, 15) is 0 Å². The number of amidine groups is 1. The van der Waals surface area contributed by atoms with Crippen molar-refractivity contribution >= 4 is 5.84 Å². The number of aliphatic imine (C=N–C) groups is 1. The van der Waals surface area contributed by atoms with Gasteiger partial charge >= 0.3 is 0 Å². The van der Waals surface area contributed by atoms with E-state index in [2.05, 4.69) is 29.0 Å². The van der Waals surface area contributed by atoms with Crippen LogP contribution in [0.4, 0.5) is 0 Å². The molecule has 0 fully saturated rings. The van der Waals surface area contributed by atoms with Crippen LogP contribution in [0, 0.1) is 0 Å². The molecule has 0 aromatic rings. The largest absolute Gasteiger partial charge is 0.343 e. The zero-order valence-corrected chi connectivity index (χ0v) is 12.1. The number of nitrogens with two attached hydrogens (primary N) is 1. The van der Waals surface area contributed by atoms with E-state index in [1.807, 2.05) is 6.92 Å². The van der Waals surface area contributed by atoms with E-state index in [-0.39, 0.29) is 6.17 Å². The average Bonchev–Trinajstić information content (AvgIpc) is 2.81. The second-order valence-electron chi connectivity index (χ2n) is 5.09. The fourth-order valence-electron chi connectivity index (χ4n) is 2.31. The van der Waals surface area contributed by atoms with E-state index >= 15 is 0 Å². The maximum atomic E-state index is 5.91. The molecule has 2 N–H and O–H groups in total. The molecule has 1 aliphatic rings. The van der Waals surface area contributed by atoms with Crippen molar-refractivity contribution in [2.75, 3.05) is 13.1 Å². The summed E-state index contributed by atoms with van der Waals surface area (Å²) < 4.78 is 0. The predicted molar refractivity (Wildman–Crippen MR) is 79.8 cm³/mol. The third-order valence-corrected chi connectivity index (χ3v) is 3.38. The number of nitrogens with zero attached hydrogens (tertiary/aromatic N) is 2. The molecule has 1 aliphatic heterocycles.